The zero-order valence-corrected chi connectivity index (χ0v) is 11.0. The molecule has 0 aliphatic rings. The van der Waals surface area contributed by atoms with E-state index in [1.54, 1.807) is 15.9 Å². The van der Waals surface area contributed by atoms with E-state index >= 15 is 0 Å². The van der Waals surface area contributed by atoms with Gasteiger partial charge in [0.05, 0.1) is 6.04 Å². The lowest BCUT2D eigenvalue weighted by molar-refractivity contribution is 0.838. The van der Waals surface area contributed by atoms with Crippen LogP contribution < -0.4 is 5.32 Å². The molecule has 3 rings (SSSR count). The number of thiazole rings is 1. The minimum absolute atomic E-state index is 0.112. The molecule has 0 aromatic carbocycles. The van der Waals surface area contributed by atoms with Crippen molar-refractivity contribution in [3.63, 3.8) is 0 Å². The van der Waals surface area contributed by atoms with E-state index in [2.05, 4.69) is 27.3 Å². The van der Waals surface area contributed by atoms with Crippen LogP contribution in [0.15, 0.2) is 29.8 Å². The third-order valence-electron chi connectivity index (χ3n) is 2.59. The smallest absolute Gasteiger partial charge is 0.243 e. The van der Waals surface area contributed by atoms with E-state index in [0.29, 0.717) is 5.95 Å². The number of fused-ring (bicyclic) bond motifs is 1. The Morgan fingerprint density at radius 2 is 2.22 bits per heavy atom. The van der Waals surface area contributed by atoms with Crippen molar-refractivity contribution < 1.29 is 0 Å². The number of aromatic nitrogens is 4. The van der Waals surface area contributed by atoms with Gasteiger partial charge in [-0.2, -0.15) is 4.98 Å². The third-order valence-corrected chi connectivity index (χ3v) is 3.74. The first-order valence-electron chi connectivity index (χ1n) is 5.72. The van der Waals surface area contributed by atoms with Crippen LogP contribution in [0, 0.1) is 6.92 Å². The quantitative estimate of drug-likeness (QED) is 0.785. The van der Waals surface area contributed by atoms with Crippen LogP contribution in [-0.4, -0.2) is 19.6 Å². The summed E-state index contributed by atoms with van der Waals surface area (Å²) in [5, 5.41) is 10.7. The average Bonchev–Trinajstić information content (AvgIpc) is 2.94. The van der Waals surface area contributed by atoms with E-state index in [0.717, 1.165) is 16.3 Å². The van der Waals surface area contributed by atoms with Crippen LogP contribution in [0.5, 0.6) is 0 Å². The van der Waals surface area contributed by atoms with Crippen molar-refractivity contribution in [1.82, 2.24) is 19.6 Å². The summed E-state index contributed by atoms with van der Waals surface area (Å²) >= 11 is 1.65. The van der Waals surface area contributed by atoms with Gasteiger partial charge in [-0.3, -0.25) is 0 Å². The number of pyridine rings is 1. The molecule has 1 unspecified atom stereocenters. The Morgan fingerprint density at radius 3 is 2.94 bits per heavy atom. The monoisotopic (exact) mass is 259 g/mol. The molecule has 0 saturated heterocycles. The average molecular weight is 259 g/mol. The van der Waals surface area contributed by atoms with Crippen molar-refractivity contribution >= 4 is 22.9 Å². The van der Waals surface area contributed by atoms with Crippen LogP contribution in [0.25, 0.3) is 5.65 Å². The number of hydrogen-bond donors (Lipinski definition) is 1. The number of anilines is 1. The topological polar surface area (TPSA) is 55.1 Å². The lowest BCUT2D eigenvalue weighted by Gasteiger charge is -2.08. The van der Waals surface area contributed by atoms with E-state index in [1.807, 2.05) is 36.7 Å². The molecule has 0 spiro atoms. The first-order chi connectivity index (χ1) is 8.72. The predicted octanol–water partition coefficient (Wildman–Crippen LogP) is 2.67. The highest BCUT2D eigenvalue weighted by Crippen LogP contribution is 2.20. The lowest BCUT2D eigenvalue weighted by atomic mass is 10.3. The van der Waals surface area contributed by atoms with E-state index in [9.17, 15) is 0 Å². The molecule has 0 fully saturated rings. The summed E-state index contributed by atoms with van der Waals surface area (Å²) in [6.07, 6.45) is 1.88. The second-order valence-electron chi connectivity index (χ2n) is 4.13. The van der Waals surface area contributed by atoms with Crippen molar-refractivity contribution in [2.75, 3.05) is 5.32 Å². The highest BCUT2D eigenvalue weighted by molar-refractivity contribution is 7.09. The third kappa shape index (κ3) is 2.06. The molecule has 0 radical (unpaired) electrons. The first-order valence-corrected chi connectivity index (χ1v) is 6.60. The lowest BCUT2D eigenvalue weighted by Crippen LogP contribution is -2.07. The molecule has 1 atom stereocenters. The minimum Gasteiger partial charge on any atom is -0.344 e. The summed E-state index contributed by atoms with van der Waals surface area (Å²) in [6, 6.07) is 5.91. The molecule has 6 heteroatoms. The molecule has 1 N–H and O–H groups in total. The molecule has 3 heterocycles. The van der Waals surface area contributed by atoms with Gasteiger partial charge in [0.1, 0.15) is 5.01 Å². The van der Waals surface area contributed by atoms with Crippen LogP contribution >= 0.6 is 11.3 Å². The molecule has 0 aliphatic carbocycles. The normalized spacial score (nSPS) is 12.8. The summed E-state index contributed by atoms with van der Waals surface area (Å²) in [4.78, 5) is 8.86. The Labute approximate surface area is 109 Å². The summed E-state index contributed by atoms with van der Waals surface area (Å²) in [6.45, 7) is 4.06. The summed E-state index contributed by atoms with van der Waals surface area (Å²) in [7, 11) is 0. The van der Waals surface area contributed by atoms with E-state index in [4.69, 9.17) is 0 Å². The molecule has 5 nitrogen and oxygen atoms in total. The van der Waals surface area contributed by atoms with E-state index < -0.39 is 0 Å². The molecule has 3 aromatic rings. The van der Waals surface area contributed by atoms with Crippen LogP contribution in [0.1, 0.15) is 23.7 Å². The Hall–Kier alpha value is -1.95. The Bertz CT molecular complexity index is 639. The molecule has 0 aliphatic heterocycles. The second kappa shape index (κ2) is 4.38. The van der Waals surface area contributed by atoms with Gasteiger partial charge in [-0.1, -0.05) is 6.07 Å². The van der Waals surface area contributed by atoms with Gasteiger partial charge in [0.25, 0.3) is 0 Å². The Kier molecular flexibility index (Phi) is 2.71. The molecular weight excluding hydrogens is 246 g/mol. The molecule has 18 heavy (non-hydrogen) atoms. The summed E-state index contributed by atoms with van der Waals surface area (Å²) in [5.74, 6) is 0.626. The minimum atomic E-state index is 0.112. The van der Waals surface area contributed by atoms with Crippen molar-refractivity contribution in [3.8, 4) is 0 Å². The van der Waals surface area contributed by atoms with Crippen molar-refractivity contribution in [3.05, 3.63) is 40.5 Å². The van der Waals surface area contributed by atoms with Gasteiger partial charge in [0.15, 0.2) is 5.65 Å². The predicted molar refractivity (Wildman–Crippen MR) is 71.9 cm³/mol. The molecule has 0 bridgehead atoms. The van der Waals surface area contributed by atoms with Gasteiger partial charge in [-0.15, -0.1) is 16.4 Å². The molecule has 0 saturated carbocycles. The Morgan fingerprint density at radius 1 is 1.33 bits per heavy atom. The maximum Gasteiger partial charge on any atom is 0.243 e. The SMILES string of the molecule is Cc1csc(C(C)Nc2nc3ccccn3n2)n1. The van der Waals surface area contributed by atoms with Crippen molar-refractivity contribution in [2.24, 2.45) is 0 Å². The fourth-order valence-electron chi connectivity index (χ4n) is 1.72. The number of aryl methyl sites for hydroxylation is 1. The maximum absolute atomic E-state index is 4.45. The van der Waals surface area contributed by atoms with Gasteiger partial charge < -0.3 is 5.32 Å². The largest absolute Gasteiger partial charge is 0.344 e. The summed E-state index contributed by atoms with van der Waals surface area (Å²) < 4.78 is 1.75. The zero-order chi connectivity index (χ0) is 12.5. The van der Waals surface area contributed by atoms with Gasteiger partial charge in [0.2, 0.25) is 5.95 Å². The highest BCUT2D eigenvalue weighted by Gasteiger charge is 2.11. The highest BCUT2D eigenvalue weighted by atomic mass is 32.1. The molecule has 92 valence electrons. The van der Waals surface area contributed by atoms with Gasteiger partial charge >= 0.3 is 0 Å². The van der Waals surface area contributed by atoms with Crippen LogP contribution in [0.2, 0.25) is 0 Å². The second-order valence-corrected chi connectivity index (χ2v) is 5.02. The van der Waals surface area contributed by atoms with Gasteiger partial charge in [0, 0.05) is 17.3 Å². The van der Waals surface area contributed by atoms with Crippen LogP contribution in [-0.2, 0) is 0 Å². The van der Waals surface area contributed by atoms with E-state index in [1.165, 1.54) is 0 Å². The van der Waals surface area contributed by atoms with Crippen molar-refractivity contribution in [2.45, 2.75) is 19.9 Å². The van der Waals surface area contributed by atoms with Crippen molar-refractivity contribution in [1.29, 1.82) is 0 Å². The van der Waals surface area contributed by atoms with E-state index in [-0.39, 0.29) is 6.04 Å². The number of nitrogens with one attached hydrogen (secondary N) is 1. The maximum atomic E-state index is 4.45. The zero-order valence-electron chi connectivity index (χ0n) is 10.2. The molecular formula is C12H13N5S. The van der Waals surface area contributed by atoms with Gasteiger partial charge in [-0.25, -0.2) is 9.50 Å². The van der Waals surface area contributed by atoms with Gasteiger partial charge in [-0.05, 0) is 26.0 Å². The fourth-order valence-corrected chi connectivity index (χ4v) is 2.52. The Balaban J connectivity index is 1.83. The fraction of sp³-hybridized carbons (Fsp3) is 0.250. The standard InChI is InChI=1S/C12H13N5S/c1-8-7-18-11(13-8)9(2)14-12-15-10-5-3-4-6-17(10)16-12/h3-7,9H,1-2H3,(H,14,16). The first kappa shape index (κ1) is 11.2. The summed E-state index contributed by atoms with van der Waals surface area (Å²) in [5.41, 5.74) is 1.88. The number of hydrogen-bond acceptors (Lipinski definition) is 5. The number of rotatable bonds is 3. The molecule has 0 amide bonds. The number of nitrogens with zero attached hydrogens (tertiary/aromatic N) is 4. The van der Waals surface area contributed by atoms with Crippen LogP contribution in [0.4, 0.5) is 5.95 Å². The van der Waals surface area contributed by atoms with Crippen LogP contribution in [0.3, 0.4) is 0 Å². The molecule has 3 aromatic heterocycles.